The number of hydrogen-bond acceptors (Lipinski definition) is 5. The van der Waals surface area contributed by atoms with Crippen LogP contribution in [0.3, 0.4) is 0 Å². The normalized spacial score (nSPS) is 12.8. The van der Waals surface area contributed by atoms with Crippen molar-refractivity contribution in [3.8, 4) is 0 Å². The van der Waals surface area contributed by atoms with Crippen molar-refractivity contribution in [3.63, 3.8) is 0 Å². The molecular formula is C13H26N4O3S. The Balaban J connectivity index is 2.76. The fourth-order valence-electron chi connectivity index (χ4n) is 2.43. The van der Waals surface area contributed by atoms with E-state index >= 15 is 0 Å². The number of H-pyrrole nitrogens is 1. The Bertz CT molecular complexity index is 544. The molecule has 0 bridgehead atoms. The van der Waals surface area contributed by atoms with E-state index in [2.05, 4.69) is 47.5 Å². The van der Waals surface area contributed by atoms with Crippen molar-refractivity contribution in [1.29, 1.82) is 0 Å². The molecule has 1 aromatic heterocycles. The second kappa shape index (κ2) is 7.35. The second-order valence-corrected chi connectivity index (χ2v) is 7.31. The van der Waals surface area contributed by atoms with Crippen molar-refractivity contribution < 1.29 is 13.5 Å². The average molecular weight is 318 g/mol. The number of nitrogens with one attached hydrogen (secondary N) is 2. The van der Waals surface area contributed by atoms with Crippen molar-refractivity contribution in [1.82, 2.24) is 19.8 Å². The van der Waals surface area contributed by atoms with Crippen molar-refractivity contribution in [2.75, 3.05) is 13.1 Å². The maximum Gasteiger partial charge on any atom is 0.244 e. The van der Waals surface area contributed by atoms with Crippen molar-refractivity contribution in [3.05, 3.63) is 11.4 Å². The molecule has 1 aromatic rings. The Hall–Kier alpha value is -0.960. The molecule has 0 atom stereocenters. The first-order chi connectivity index (χ1) is 9.70. The first-order valence-electron chi connectivity index (χ1n) is 7.10. The summed E-state index contributed by atoms with van der Waals surface area (Å²) in [6.07, 6.45) is 0. The fourth-order valence-corrected chi connectivity index (χ4v) is 3.80. The van der Waals surface area contributed by atoms with Gasteiger partial charge >= 0.3 is 0 Å². The van der Waals surface area contributed by atoms with E-state index in [9.17, 15) is 13.5 Å². The van der Waals surface area contributed by atoms with Crippen molar-refractivity contribution in [2.45, 2.75) is 58.2 Å². The lowest BCUT2D eigenvalue weighted by molar-refractivity contribution is 0.179. The van der Waals surface area contributed by atoms with Gasteiger partial charge in [0.1, 0.15) is 10.6 Å². The van der Waals surface area contributed by atoms with Crippen molar-refractivity contribution in [2.24, 2.45) is 0 Å². The number of nitrogens with zero attached hydrogens (tertiary/aromatic N) is 2. The molecule has 0 aliphatic carbocycles. The van der Waals surface area contributed by atoms with Crippen LogP contribution in [0.5, 0.6) is 0 Å². The van der Waals surface area contributed by atoms with Crippen LogP contribution in [0.25, 0.3) is 0 Å². The summed E-state index contributed by atoms with van der Waals surface area (Å²) >= 11 is 0. The maximum absolute atomic E-state index is 12.3. The Labute approximate surface area is 126 Å². The van der Waals surface area contributed by atoms with Gasteiger partial charge < -0.3 is 5.11 Å². The lowest BCUT2D eigenvalue weighted by Crippen LogP contribution is -2.42. The van der Waals surface area contributed by atoms with Gasteiger partial charge in [0.2, 0.25) is 10.0 Å². The zero-order valence-electron chi connectivity index (χ0n) is 13.3. The summed E-state index contributed by atoms with van der Waals surface area (Å²) in [6.45, 7) is 10.5. The molecule has 8 heteroatoms. The second-order valence-electron chi connectivity index (χ2n) is 5.61. The molecule has 1 rings (SSSR count). The van der Waals surface area contributed by atoms with Gasteiger partial charge in [-0.15, -0.1) is 0 Å². The standard InChI is InChI=1S/C13H26N4O3S/c1-9(2)17(10(3)4)7-6-14-21(19,20)13-11(5)15-16-12(13)8-18/h9-10,14,18H,6-8H2,1-5H3,(H,15,16). The minimum absolute atomic E-state index is 0.0469. The monoisotopic (exact) mass is 318 g/mol. The zero-order valence-corrected chi connectivity index (χ0v) is 14.2. The van der Waals surface area contributed by atoms with Crippen LogP contribution >= 0.6 is 0 Å². The van der Waals surface area contributed by atoms with Gasteiger partial charge in [0, 0.05) is 25.2 Å². The van der Waals surface area contributed by atoms with E-state index in [-0.39, 0.29) is 10.6 Å². The van der Waals surface area contributed by atoms with E-state index in [4.69, 9.17) is 0 Å². The smallest absolute Gasteiger partial charge is 0.244 e. The van der Waals surface area contributed by atoms with E-state index in [0.29, 0.717) is 30.9 Å². The molecule has 0 saturated heterocycles. The largest absolute Gasteiger partial charge is 0.390 e. The minimum atomic E-state index is -3.67. The Kier molecular flexibility index (Phi) is 6.33. The van der Waals surface area contributed by atoms with Crippen LogP contribution in [0.4, 0.5) is 0 Å². The highest BCUT2D eigenvalue weighted by Crippen LogP contribution is 2.17. The molecule has 0 radical (unpaired) electrons. The molecule has 1 heterocycles. The summed E-state index contributed by atoms with van der Waals surface area (Å²) in [4.78, 5) is 2.25. The number of aromatic amines is 1. The SMILES string of the molecule is Cc1[nH]nc(CO)c1S(=O)(=O)NCCN(C(C)C)C(C)C. The third-order valence-electron chi connectivity index (χ3n) is 3.37. The summed E-state index contributed by atoms with van der Waals surface area (Å²) in [5.74, 6) is 0. The van der Waals surface area contributed by atoms with Crippen LogP contribution in [-0.4, -0.2) is 53.8 Å². The number of rotatable bonds is 8. The molecule has 122 valence electrons. The molecule has 0 aliphatic heterocycles. The first-order valence-corrected chi connectivity index (χ1v) is 8.59. The van der Waals surface area contributed by atoms with Gasteiger partial charge in [-0.1, -0.05) is 0 Å². The van der Waals surface area contributed by atoms with Gasteiger partial charge in [0.05, 0.1) is 12.3 Å². The summed E-state index contributed by atoms with van der Waals surface area (Å²) in [5, 5.41) is 15.6. The van der Waals surface area contributed by atoms with Crippen molar-refractivity contribution >= 4 is 10.0 Å². The lowest BCUT2D eigenvalue weighted by atomic mass is 10.2. The lowest BCUT2D eigenvalue weighted by Gasteiger charge is -2.30. The van der Waals surface area contributed by atoms with E-state index in [0.717, 1.165) is 0 Å². The van der Waals surface area contributed by atoms with E-state index in [1.807, 2.05) is 0 Å². The number of hydrogen-bond donors (Lipinski definition) is 3. The Morgan fingerprint density at radius 2 is 1.86 bits per heavy atom. The molecule has 0 spiro atoms. The molecule has 0 amide bonds. The number of aliphatic hydroxyl groups is 1. The van der Waals surface area contributed by atoms with Crippen LogP contribution in [-0.2, 0) is 16.6 Å². The molecule has 3 N–H and O–H groups in total. The number of aliphatic hydroxyl groups excluding tert-OH is 1. The van der Waals surface area contributed by atoms with Gasteiger partial charge in [-0.2, -0.15) is 5.10 Å². The molecule has 0 aliphatic rings. The molecule has 0 saturated carbocycles. The Morgan fingerprint density at radius 1 is 1.29 bits per heavy atom. The van der Waals surface area contributed by atoms with Crippen LogP contribution < -0.4 is 4.72 Å². The maximum atomic E-state index is 12.3. The predicted molar refractivity (Wildman–Crippen MR) is 81.4 cm³/mol. The topological polar surface area (TPSA) is 98.3 Å². The molecule has 0 unspecified atom stereocenters. The molecular weight excluding hydrogens is 292 g/mol. The molecule has 21 heavy (non-hydrogen) atoms. The van der Waals surface area contributed by atoms with Crippen LogP contribution in [0.2, 0.25) is 0 Å². The van der Waals surface area contributed by atoms with Crippen LogP contribution in [0, 0.1) is 6.92 Å². The first kappa shape index (κ1) is 18.1. The highest BCUT2D eigenvalue weighted by Gasteiger charge is 2.24. The number of aryl methyl sites for hydroxylation is 1. The number of aromatic nitrogens is 2. The van der Waals surface area contributed by atoms with Gasteiger partial charge in [-0.05, 0) is 34.6 Å². The highest BCUT2D eigenvalue weighted by atomic mass is 32.2. The van der Waals surface area contributed by atoms with E-state index < -0.39 is 16.6 Å². The Morgan fingerprint density at radius 3 is 2.33 bits per heavy atom. The van der Waals surface area contributed by atoms with Gasteiger partial charge in [-0.25, -0.2) is 13.1 Å². The summed E-state index contributed by atoms with van der Waals surface area (Å²) in [6, 6.07) is 0.691. The van der Waals surface area contributed by atoms with Crippen LogP contribution in [0.15, 0.2) is 4.90 Å². The zero-order chi connectivity index (χ0) is 16.2. The minimum Gasteiger partial charge on any atom is -0.390 e. The van der Waals surface area contributed by atoms with Gasteiger partial charge in [0.25, 0.3) is 0 Å². The third kappa shape index (κ3) is 4.50. The van der Waals surface area contributed by atoms with Gasteiger partial charge in [0.15, 0.2) is 0 Å². The molecule has 0 fully saturated rings. The van der Waals surface area contributed by atoms with E-state index in [1.165, 1.54) is 0 Å². The third-order valence-corrected chi connectivity index (χ3v) is 5.03. The summed E-state index contributed by atoms with van der Waals surface area (Å²) in [5.41, 5.74) is 0.570. The quantitative estimate of drug-likeness (QED) is 0.652. The van der Waals surface area contributed by atoms with Crippen LogP contribution in [0.1, 0.15) is 39.1 Å². The molecule has 7 nitrogen and oxygen atoms in total. The van der Waals surface area contributed by atoms with Gasteiger partial charge in [-0.3, -0.25) is 10.00 Å². The summed E-state index contributed by atoms with van der Waals surface area (Å²) < 4.78 is 27.2. The number of sulfonamides is 1. The molecule has 0 aromatic carbocycles. The summed E-state index contributed by atoms with van der Waals surface area (Å²) in [7, 11) is -3.67. The van der Waals surface area contributed by atoms with E-state index in [1.54, 1.807) is 6.92 Å². The predicted octanol–water partition coefficient (Wildman–Crippen LogP) is 0.608. The highest BCUT2D eigenvalue weighted by molar-refractivity contribution is 7.89. The fraction of sp³-hybridized carbons (Fsp3) is 0.769. The average Bonchev–Trinajstić information content (AvgIpc) is 2.75.